The molecule has 1 unspecified atom stereocenters. The highest BCUT2D eigenvalue weighted by Gasteiger charge is 2.17. The predicted molar refractivity (Wildman–Crippen MR) is 76.8 cm³/mol. The lowest BCUT2D eigenvalue weighted by Crippen LogP contribution is -2.18. The van der Waals surface area contributed by atoms with Crippen LogP contribution in [0.2, 0.25) is 0 Å². The number of rotatable bonds is 5. The van der Waals surface area contributed by atoms with Gasteiger partial charge in [0.25, 0.3) is 0 Å². The van der Waals surface area contributed by atoms with Crippen molar-refractivity contribution in [2.75, 3.05) is 21.3 Å². The van der Waals surface area contributed by atoms with E-state index in [4.69, 9.17) is 9.47 Å². The molecule has 0 heterocycles. The van der Waals surface area contributed by atoms with Crippen molar-refractivity contribution in [1.29, 1.82) is 0 Å². The fourth-order valence-electron chi connectivity index (χ4n) is 2.23. The topological polar surface area (TPSA) is 30.5 Å². The molecule has 4 heteroatoms. The average molecular weight is 275 g/mol. The van der Waals surface area contributed by atoms with Crippen LogP contribution in [-0.4, -0.2) is 21.3 Å². The van der Waals surface area contributed by atoms with Crippen LogP contribution in [-0.2, 0) is 0 Å². The first-order valence-corrected chi connectivity index (χ1v) is 6.34. The third-order valence-electron chi connectivity index (χ3n) is 3.24. The Balaban J connectivity index is 2.43. The Hall–Kier alpha value is -2.07. The molecule has 2 aromatic rings. The van der Waals surface area contributed by atoms with Crippen molar-refractivity contribution in [3.05, 3.63) is 59.4 Å². The molecule has 0 saturated heterocycles. The summed E-state index contributed by atoms with van der Waals surface area (Å²) >= 11 is 0. The minimum Gasteiger partial charge on any atom is -0.497 e. The van der Waals surface area contributed by atoms with Gasteiger partial charge in [-0.3, -0.25) is 0 Å². The molecule has 2 rings (SSSR count). The third-order valence-corrected chi connectivity index (χ3v) is 3.24. The maximum Gasteiger partial charge on any atom is 0.124 e. The molecule has 0 aromatic heterocycles. The Morgan fingerprint density at radius 1 is 1.00 bits per heavy atom. The molecule has 0 aliphatic heterocycles. The van der Waals surface area contributed by atoms with E-state index in [-0.39, 0.29) is 11.9 Å². The third kappa shape index (κ3) is 2.91. The van der Waals surface area contributed by atoms with Crippen LogP contribution >= 0.6 is 0 Å². The molecule has 0 aliphatic rings. The summed E-state index contributed by atoms with van der Waals surface area (Å²) in [4.78, 5) is 0. The normalized spacial score (nSPS) is 12.0. The standard InChI is InChI=1S/C16H18FNO2/c1-18-16(11-4-7-13(19-2)8-5-11)14-10-12(17)6-9-15(14)20-3/h4-10,16,18H,1-3H3. The van der Waals surface area contributed by atoms with Gasteiger partial charge in [-0.1, -0.05) is 12.1 Å². The van der Waals surface area contributed by atoms with Gasteiger partial charge in [0, 0.05) is 5.56 Å². The monoisotopic (exact) mass is 275 g/mol. The van der Waals surface area contributed by atoms with E-state index in [1.807, 2.05) is 31.3 Å². The van der Waals surface area contributed by atoms with E-state index in [0.29, 0.717) is 5.75 Å². The van der Waals surface area contributed by atoms with Crippen LogP contribution in [0.25, 0.3) is 0 Å². The van der Waals surface area contributed by atoms with Crippen molar-refractivity contribution in [2.24, 2.45) is 0 Å². The quantitative estimate of drug-likeness (QED) is 0.909. The van der Waals surface area contributed by atoms with E-state index in [1.165, 1.54) is 12.1 Å². The first kappa shape index (κ1) is 14.3. The van der Waals surface area contributed by atoms with E-state index in [0.717, 1.165) is 16.9 Å². The molecule has 0 aliphatic carbocycles. The number of nitrogens with one attached hydrogen (secondary N) is 1. The van der Waals surface area contributed by atoms with Gasteiger partial charge in [-0.05, 0) is 42.9 Å². The molecule has 0 amide bonds. The predicted octanol–water partition coefficient (Wildman–Crippen LogP) is 3.15. The number of ether oxygens (including phenoxy) is 2. The van der Waals surface area contributed by atoms with Gasteiger partial charge >= 0.3 is 0 Å². The molecule has 0 saturated carbocycles. The van der Waals surface area contributed by atoms with Gasteiger partial charge in [0.2, 0.25) is 0 Å². The molecule has 106 valence electrons. The summed E-state index contributed by atoms with van der Waals surface area (Å²) < 4.78 is 24.0. The number of benzene rings is 2. The Morgan fingerprint density at radius 2 is 1.70 bits per heavy atom. The summed E-state index contributed by atoms with van der Waals surface area (Å²) in [7, 11) is 5.04. The maximum absolute atomic E-state index is 13.5. The number of hydrogen-bond acceptors (Lipinski definition) is 3. The van der Waals surface area contributed by atoms with Crippen molar-refractivity contribution >= 4 is 0 Å². The smallest absolute Gasteiger partial charge is 0.124 e. The average Bonchev–Trinajstić information content (AvgIpc) is 2.49. The Morgan fingerprint density at radius 3 is 2.25 bits per heavy atom. The van der Waals surface area contributed by atoms with Gasteiger partial charge in [-0.2, -0.15) is 0 Å². The van der Waals surface area contributed by atoms with Crippen LogP contribution in [0, 0.1) is 5.82 Å². The summed E-state index contributed by atoms with van der Waals surface area (Å²) in [6.07, 6.45) is 0. The van der Waals surface area contributed by atoms with E-state index >= 15 is 0 Å². The van der Waals surface area contributed by atoms with Crippen molar-refractivity contribution in [2.45, 2.75) is 6.04 Å². The van der Waals surface area contributed by atoms with Gasteiger partial charge in [0.1, 0.15) is 17.3 Å². The first-order valence-electron chi connectivity index (χ1n) is 6.34. The molecule has 2 aromatic carbocycles. The zero-order chi connectivity index (χ0) is 14.5. The van der Waals surface area contributed by atoms with E-state index < -0.39 is 0 Å². The summed E-state index contributed by atoms with van der Waals surface area (Å²) in [5, 5.41) is 3.19. The van der Waals surface area contributed by atoms with Crippen LogP contribution in [0.4, 0.5) is 4.39 Å². The lowest BCUT2D eigenvalue weighted by molar-refractivity contribution is 0.403. The van der Waals surface area contributed by atoms with Crippen molar-refractivity contribution in [1.82, 2.24) is 5.32 Å². The summed E-state index contributed by atoms with van der Waals surface area (Å²) in [6, 6.07) is 12.0. The van der Waals surface area contributed by atoms with E-state index in [2.05, 4.69) is 5.32 Å². The minimum atomic E-state index is -0.283. The molecule has 0 spiro atoms. The van der Waals surface area contributed by atoms with Crippen LogP contribution in [0.15, 0.2) is 42.5 Å². The molecule has 0 bridgehead atoms. The molecule has 20 heavy (non-hydrogen) atoms. The van der Waals surface area contributed by atoms with Crippen molar-refractivity contribution < 1.29 is 13.9 Å². The number of halogens is 1. The van der Waals surface area contributed by atoms with Crippen LogP contribution in [0.1, 0.15) is 17.2 Å². The Kier molecular flexibility index (Phi) is 4.58. The first-order chi connectivity index (χ1) is 9.69. The molecule has 1 atom stereocenters. The fraction of sp³-hybridized carbons (Fsp3) is 0.250. The summed E-state index contributed by atoms with van der Waals surface area (Å²) in [5.41, 5.74) is 1.78. The van der Waals surface area contributed by atoms with Crippen molar-refractivity contribution in [3.8, 4) is 11.5 Å². The molecule has 0 fully saturated rings. The Labute approximate surface area is 118 Å². The largest absolute Gasteiger partial charge is 0.497 e. The molecule has 3 nitrogen and oxygen atoms in total. The highest BCUT2D eigenvalue weighted by Crippen LogP contribution is 2.31. The van der Waals surface area contributed by atoms with Gasteiger partial charge in [-0.25, -0.2) is 4.39 Å². The summed E-state index contributed by atoms with van der Waals surface area (Å²) in [5.74, 6) is 1.16. The molecule has 0 radical (unpaired) electrons. The number of hydrogen-bond donors (Lipinski definition) is 1. The maximum atomic E-state index is 13.5. The van der Waals surface area contributed by atoms with Gasteiger partial charge in [0.05, 0.1) is 20.3 Å². The van der Waals surface area contributed by atoms with E-state index in [1.54, 1.807) is 20.3 Å². The van der Waals surface area contributed by atoms with Crippen LogP contribution in [0.5, 0.6) is 11.5 Å². The second-order valence-corrected chi connectivity index (χ2v) is 4.38. The zero-order valence-electron chi connectivity index (χ0n) is 11.8. The molecular weight excluding hydrogens is 257 g/mol. The fourth-order valence-corrected chi connectivity index (χ4v) is 2.23. The van der Waals surface area contributed by atoms with Crippen LogP contribution < -0.4 is 14.8 Å². The molecular formula is C16H18FNO2. The van der Waals surface area contributed by atoms with Gasteiger partial charge in [-0.15, -0.1) is 0 Å². The summed E-state index contributed by atoms with van der Waals surface area (Å²) in [6.45, 7) is 0. The zero-order valence-corrected chi connectivity index (χ0v) is 11.8. The second-order valence-electron chi connectivity index (χ2n) is 4.38. The molecule has 1 N–H and O–H groups in total. The lowest BCUT2D eigenvalue weighted by Gasteiger charge is -2.20. The van der Waals surface area contributed by atoms with Crippen molar-refractivity contribution in [3.63, 3.8) is 0 Å². The van der Waals surface area contributed by atoms with E-state index in [9.17, 15) is 4.39 Å². The van der Waals surface area contributed by atoms with Gasteiger partial charge in [0.15, 0.2) is 0 Å². The van der Waals surface area contributed by atoms with Gasteiger partial charge < -0.3 is 14.8 Å². The minimum absolute atomic E-state index is 0.147. The highest BCUT2D eigenvalue weighted by molar-refractivity contribution is 5.43. The SMILES string of the molecule is CNC(c1ccc(OC)cc1)c1cc(F)ccc1OC. The lowest BCUT2D eigenvalue weighted by atomic mass is 9.97. The highest BCUT2D eigenvalue weighted by atomic mass is 19.1. The second kappa shape index (κ2) is 6.39. The Bertz CT molecular complexity index is 569. The number of methoxy groups -OCH3 is 2. The van der Waals surface area contributed by atoms with Crippen LogP contribution in [0.3, 0.4) is 0 Å².